The lowest BCUT2D eigenvalue weighted by atomic mass is 9.99. The Labute approximate surface area is 161 Å². The Morgan fingerprint density at radius 2 is 1.67 bits per heavy atom. The summed E-state index contributed by atoms with van der Waals surface area (Å²) < 4.78 is 0. The minimum Gasteiger partial charge on any atom is -0.349 e. The van der Waals surface area contributed by atoms with Crippen molar-refractivity contribution in [1.29, 1.82) is 0 Å². The van der Waals surface area contributed by atoms with Crippen LogP contribution in [0.25, 0.3) is 0 Å². The zero-order chi connectivity index (χ0) is 19.2. The third kappa shape index (κ3) is 4.95. The fourth-order valence-electron chi connectivity index (χ4n) is 3.65. The van der Waals surface area contributed by atoms with E-state index in [0.717, 1.165) is 24.2 Å². The van der Waals surface area contributed by atoms with Crippen molar-refractivity contribution < 1.29 is 9.59 Å². The molecule has 0 bridgehead atoms. The van der Waals surface area contributed by atoms with E-state index in [-0.39, 0.29) is 30.3 Å². The third-order valence-electron chi connectivity index (χ3n) is 5.05. The van der Waals surface area contributed by atoms with Crippen molar-refractivity contribution >= 4 is 11.8 Å². The molecule has 27 heavy (non-hydrogen) atoms. The minimum absolute atomic E-state index is 0.0335. The summed E-state index contributed by atoms with van der Waals surface area (Å²) in [5.41, 5.74) is 2.10. The highest BCUT2D eigenvalue weighted by molar-refractivity contribution is 5.79. The molecule has 5 nitrogen and oxygen atoms in total. The fraction of sp³-hybridized carbons (Fsp3) is 0.364. The molecule has 2 aromatic rings. The highest BCUT2D eigenvalue weighted by atomic mass is 16.2. The molecule has 0 saturated carbocycles. The second-order valence-electron chi connectivity index (χ2n) is 7.14. The van der Waals surface area contributed by atoms with Crippen LogP contribution < -0.4 is 5.32 Å². The summed E-state index contributed by atoms with van der Waals surface area (Å²) in [5, 5.41) is 2.93. The lowest BCUT2D eigenvalue weighted by molar-refractivity contribution is -0.137. The summed E-state index contributed by atoms with van der Waals surface area (Å²) in [4.78, 5) is 29.1. The van der Waals surface area contributed by atoms with Crippen LogP contribution in [0.2, 0.25) is 0 Å². The van der Waals surface area contributed by atoms with Crippen LogP contribution in [0.15, 0.2) is 60.7 Å². The van der Waals surface area contributed by atoms with Crippen molar-refractivity contribution in [3.8, 4) is 0 Å². The number of likely N-dealkylation sites (N-methyl/N-ethyl adjacent to an activating group) is 1. The molecule has 5 heteroatoms. The zero-order valence-electron chi connectivity index (χ0n) is 16.0. The molecule has 1 heterocycles. The van der Waals surface area contributed by atoms with Crippen LogP contribution in [0, 0.1) is 0 Å². The van der Waals surface area contributed by atoms with Gasteiger partial charge in [0.2, 0.25) is 11.8 Å². The molecular weight excluding hydrogens is 338 g/mol. The van der Waals surface area contributed by atoms with Crippen LogP contribution in [-0.4, -0.2) is 48.3 Å². The quantitative estimate of drug-likeness (QED) is 0.886. The molecule has 0 spiro atoms. The van der Waals surface area contributed by atoms with E-state index in [2.05, 4.69) is 29.4 Å². The lowest BCUT2D eigenvalue weighted by Crippen LogP contribution is -2.50. The van der Waals surface area contributed by atoms with Crippen LogP contribution in [-0.2, 0) is 9.59 Å². The number of benzene rings is 2. The summed E-state index contributed by atoms with van der Waals surface area (Å²) in [6, 6.07) is 19.6. The van der Waals surface area contributed by atoms with E-state index in [1.54, 1.807) is 0 Å². The normalized spacial score (nSPS) is 18.7. The third-order valence-corrected chi connectivity index (χ3v) is 5.05. The molecule has 1 aliphatic heterocycles. The molecule has 2 atom stereocenters. The maximum Gasteiger partial charge on any atom is 0.225 e. The first-order valence-corrected chi connectivity index (χ1v) is 9.39. The monoisotopic (exact) mass is 365 g/mol. The smallest absolute Gasteiger partial charge is 0.225 e. The topological polar surface area (TPSA) is 52.7 Å². The largest absolute Gasteiger partial charge is 0.349 e. The van der Waals surface area contributed by atoms with E-state index in [9.17, 15) is 9.59 Å². The van der Waals surface area contributed by atoms with Crippen LogP contribution in [0.4, 0.5) is 0 Å². The number of carbonyl (C=O) groups is 2. The van der Waals surface area contributed by atoms with Crippen molar-refractivity contribution in [2.24, 2.45) is 0 Å². The Bertz CT molecular complexity index is 764. The highest BCUT2D eigenvalue weighted by Gasteiger charge is 2.31. The highest BCUT2D eigenvalue weighted by Crippen LogP contribution is 2.27. The van der Waals surface area contributed by atoms with E-state index >= 15 is 0 Å². The van der Waals surface area contributed by atoms with Gasteiger partial charge in [-0.05, 0) is 18.2 Å². The molecule has 1 aliphatic rings. The Hall–Kier alpha value is -2.66. The molecule has 2 amide bonds. The molecule has 2 aromatic carbocycles. The van der Waals surface area contributed by atoms with Gasteiger partial charge in [0.1, 0.15) is 0 Å². The maximum atomic E-state index is 13.2. The molecular formula is C22H27N3O2. The number of piperazine rings is 1. The van der Waals surface area contributed by atoms with Gasteiger partial charge < -0.3 is 15.1 Å². The van der Waals surface area contributed by atoms with Gasteiger partial charge in [-0.15, -0.1) is 0 Å². The first kappa shape index (κ1) is 19.1. The number of hydrogen-bond donors (Lipinski definition) is 1. The van der Waals surface area contributed by atoms with Crippen molar-refractivity contribution in [1.82, 2.24) is 15.1 Å². The van der Waals surface area contributed by atoms with E-state index in [4.69, 9.17) is 0 Å². The number of hydrogen-bond acceptors (Lipinski definition) is 3. The standard InChI is InChI=1S/C22H27N3O2/c1-17(26)23-20(18-9-5-3-6-10-18)15-22(27)25-14-13-24(2)16-21(25)19-11-7-4-8-12-19/h3-12,20-21H,13-16H2,1-2H3,(H,23,26)/t20-,21+/m1/s1. The van der Waals surface area contributed by atoms with Gasteiger partial charge in [-0.3, -0.25) is 9.59 Å². The number of nitrogens with zero attached hydrogens (tertiary/aromatic N) is 2. The van der Waals surface area contributed by atoms with E-state index in [0.29, 0.717) is 6.54 Å². The second-order valence-corrected chi connectivity index (χ2v) is 7.14. The lowest BCUT2D eigenvalue weighted by Gasteiger charge is -2.41. The first-order valence-electron chi connectivity index (χ1n) is 9.39. The Morgan fingerprint density at radius 1 is 1.04 bits per heavy atom. The number of amides is 2. The van der Waals surface area contributed by atoms with Gasteiger partial charge in [-0.25, -0.2) is 0 Å². The average molecular weight is 365 g/mol. The van der Waals surface area contributed by atoms with Crippen LogP contribution in [0.3, 0.4) is 0 Å². The Morgan fingerprint density at radius 3 is 2.30 bits per heavy atom. The van der Waals surface area contributed by atoms with Gasteiger partial charge in [0.25, 0.3) is 0 Å². The van der Waals surface area contributed by atoms with Crippen molar-refractivity contribution in [3.63, 3.8) is 0 Å². The van der Waals surface area contributed by atoms with E-state index < -0.39 is 0 Å². The molecule has 1 fully saturated rings. The van der Waals surface area contributed by atoms with Gasteiger partial charge in [0, 0.05) is 26.6 Å². The predicted octanol–water partition coefficient (Wildman–Crippen LogP) is 2.77. The average Bonchev–Trinajstić information content (AvgIpc) is 2.68. The van der Waals surface area contributed by atoms with Crippen molar-refractivity contribution in [3.05, 3.63) is 71.8 Å². The van der Waals surface area contributed by atoms with Crippen molar-refractivity contribution in [2.75, 3.05) is 26.7 Å². The molecule has 0 unspecified atom stereocenters. The van der Waals surface area contributed by atoms with Gasteiger partial charge in [-0.2, -0.15) is 0 Å². The van der Waals surface area contributed by atoms with Crippen LogP contribution in [0.1, 0.15) is 36.6 Å². The Balaban J connectivity index is 1.80. The van der Waals surface area contributed by atoms with Gasteiger partial charge in [0.15, 0.2) is 0 Å². The summed E-state index contributed by atoms with van der Waals surface area (Å²) >= 11 is 0. The zero-order valence-corrected chi connectivity index (χ0v) is 16.0. The number of nitrogens with one attached hydrogen (secondary N) is 1. The number of carbonyl (C=O) groups excluding carboxylic acids is 2. The predicted molar refractivity (Wildman–Crippen MR) is 106 cm³/mol. The summed E-state index contributed by atoms with van der Waals surface area (Å²) in [6.45, 7) is 3.84. The van der Waals surface area contributed by atoms with E-state index in [1.807, 2.05) is 53.4 Å². The van der Waals surface area contributed by atoms with Crippen molar-refractivity contribution in [2.45, 2.75) is 25.4 Å². The minimum atomic E-state index is -0.313. The van der Waals surface area contributed by atoms with Gasteiger partial charge in [-0.1, -0.05) is 60.7 Å². The van der Waals surface area contributed by atoms with Gasteiger partial charge >= 0.3 is 0 Å². The molecule has 3 rings (SSSR count). The van der Waals surface area contributed by atoms with Gasteiger partial charge in [0.05, 0.1) is 18.5 Å². The van der Waals surface area contributed by atoms with E-state index in [1.165, 1.54) is 6.92 Å². The molecule has 0 aliphatic carbocycles. The SMILES string of the molecule is CC(=O)N[C@H](CC(=O)N1CCN(C)C[C@H]1c1ccccc1)c1ccccc1. The first-order chi connectivity index (χ1) is 13.0. The molecule has 1 N–H and O–H groups in total. The molecule has 1 saturated heterocycles. The van der Waals surface area contributed by atoms with Crippen LogP contribution in [0.5, 0.6) is 0 Å². The molecule has 0 aromatic heterocycles. The molecule has 0 radical (unpaired) electrons. The summed E-state index contributed by atoms with van der Waals surface area (Å²) in [6.07, 6.45) is 0.261. The second kappa shape index (κ2) is 8.82. The fourth-order valence-corrected chi connectivity index (χ4v) is 3.65. The maximum absolute atomic E-state index is 13.2. The number of rotatable bonds is 5. The Kier molecular flexibility index (Phi) is 6.24. The summed E-state index contributed by atoms with van der Waals surface area (Å²) in [5.74, 6) is -0.0609. The molecule has 142 valence electrons. The summed E-state index contributed by atoms with van der Waals surface area (Å²) in [7, 11) is 2.09. The van der Waals surface area contributed by atoms with Crippen LogP contribution >= 0.6 is 0 Å².